The predicted octanol–water partition coefficient (Wildman–Crippen LogP) is 5.58. The molecule has 174 valence electrons. The molecule has 6 nitrogen and oxygen atoms in total. The molecule has 1 aliphatic rings. The number of nitrogens with one attached hydrogen (secondary N) is 1. The van der Waals surface area contributed by atoms with E-state index in [-0.39, 0.29) is 11.6 Å². The number of carbonyl (C=O) groups is 2. The summed E-state index contributed by atoms with van der Waals surface area (Å²) in [4.78, 5) is 28.5. The summed E-state index contributed by atoms with van der Waals surface area (Å²) >= 11 is 0. The molecule has 0 spiro atoms. The summed E-state index contributed by atoms with van der Waals surface area (Å²) in [6, 6.07) is 22.0. The van der Waals surface area contributed by atoms with Crippen LogP contribution in [0.3, 0.4) is 0 Å². The van der Waals surface area contributed by atoms with E-state index in [0.717, 1.165) is 17.7 Å². The summed E-state index contributed by atoms with van der Waals surface area (Å²) in [5, 5.41) is 3.19. The van der Waals surface area contributed by atoms with E-state index < -0.39 is 5.91 Å². The maximum Gasteiger partial charge on any atom is 0.282 e. The lowest BCUT2D eigenvalue weighted by Gasteiger charge is -2.17. The van der Waals surface area contributed by atoms with Crippen molar-refractivity contribution >= 4 is 28.8 Å². The standard InChI is InChI=1S/C28H28N2O4/c1-4-17-34-22-15-13-20(14-16-22)25-26(29-21-10-8-11-23(18-21)33-5-2)28(32)30(27(25)31)24-12-7-6-9-19(24)3/h6-16,18,29H,4-5,17H2,1-3H3. The lowest BCUT2D eigenvalue weighted by Crippen LogP contribution is -2.33. The molecular weight excluding hydrogens is 428 g/mol. The summed E-state index contributed by atoms with van der Waals surface area (Å²) < 4.78 is 11.3. The number of hydrogen-bond donors (Lipinski definition) is 1. The molecule has 1 heterocycles. The van der Waals surface area contributed by atoms with Crippen LogP contribution in [0.1, 0.15) is 31.4 Å². The number of imide groups is 1. The monoisotopic (exact) mass is 456 g/mol. The molecule has 0 saturated heterocycles. The highest BCUT2D eigenvalue weighted by Gasteiger charge is 2.40. The topological polar surface area (TPSA) is 67.9 Å². The fourth-order valence-corrected chi connectivity index (χ4v) is 3.86. The number of nitrogens with zero attached hydrogens (tertiary/aromatic N) is 1. The van der Waals surface area contributed by atoms with Crippen molar-refractivity contribution in [2.45, 2.75) is 27.2 Å². The minimum atomic E-state index is -0.401. The van der Waals surface area contributed by atoms with Crippen LogP contribution in [0.2, 0.25) is 0 Å². The zero-order valence-electron chi connectivity index (χ0n) is 19.6. The highest BCUT2D eigenvalue weighted by atomic mass is 16.5. The molecule has 0 saturated carbocycles. The van der Waals surface area contributed by atoms with Gasteiger partial charge in [0, 0.05) is 11.8 Å². The minimum Gasteiger partial charge on any atom is -0.494 e. The Morgan fingerprint density at radius 1 is 0.824 bits per heavy atom. The molecule has 0 aromatic heterocycles. The van der Waals surface area contributed by atoms with Crippen LogP contribution in [0.15, 0.2) is 78.5 Å². The minimum absolute atomic E-state index is 0.226. The lowest BCUT2D eigenvalue weighted by molar-refractivity contribution is -0.120. The molecule has 0 unspecified atom stereocenters. The highest BCUT2D eigenvalue weighted by Crippen LogP contribution is 2.35. The molecule has 0 radical (unpaired) electrons. The van der Waals surface area contributed by atoms with Crippen molar-refractivity contribution in [2.75, 3.05) is 23.4 Å². The van der Waals surface area contributed by atoms with Gasteiger partial charge in [0.25, 0.3) is 11.8 Å². The van der Waals surface area contributed by atoms with Crippen molar-refractivity contribution < 1.29 is 19.1 Å². The third kappa shape index (κ3) is 4.66. The molecule has 0 bridgehead atoms. The third-order valence-electron chi connectivity index (χ3n) is 5.47. The van der Waals surface area contributed by atoms with Gasteiger partial charge in [-0.3, -0.25) is 9.59 Å². The molecule has 4 rings (SSSR count). The molecule has 0 fully saturated rings. The highest BCUT2D eigenvalue weighted by molar-refractivity contribution is 6.46. The second kappa shape index (κ2) is 10.3. The summed E-state index contributed by atoms with van der Waals surface area (Å²) in [6.45, 7) is 6.98. The smallest absolute Gasteiger partial charge is 0.282 e. The molecule has 0 aliphatic carbocycles. The first kappa shape index (κ1) is 23.1. The van der Waals surface area contributed by atoms with Gasteiger partial charge in [-0.2, -0.15) is 0 Å². The van der Waals surface area contributed by atoms with Crippen molar-refractivity contribution in [2.24, 2.45) is 0 Å². The third-order valence-corrected chi connectivity index (χ3v) is 5.47. The van der Waals surface area contributed by atoms with Crippen LogP contribution in [0.4, 0.5) is 11.4 Å². The summed E-state index contributed by atoms with van der Waals surface area (Å²) in [7, 11) is 0. The number of amides is 2. The van der Waals surface area contributed by atoms with Crippen LogP contribution in [0, 0.1) is 6.92 Å². The van der Waals surface area contributed by atoms with Crippen molar-refractivity contribution in [3.05, 3.63) is 89.6 Å². The van der Waals surface area contributed by atoms with E-state index in [1.54, 1.807) is 6.07 Å². The first-order valence-electron chi connectivity index (χ1n) is 11.4. The first-order valence-corrected chi connectivity index (χ1v) is 11.4. The van der Waals surface area contributed by atoms with Gasteiger partial charge in [0.15, 0.2) is 0 Å². The predicted molar refractivity (Wildman–Crippen MR) is 134 cm³/mol. The number of benzene rings is 3. The number of para-hydroxylation sites is 1. The Bertz CT molecular complexity index is 1230. The van der Waals surface area contributed by atoms with Gasteiger partial charge in [0.1, 0.15) is 17.2 Å². The van der Waals surface area contributed by atoms with Crippen LogP contribution in [0.25, 0.3) is 5.57 Å². The zero-order chi connectivity index (χ0) is 24.1. The number of anilines is 2. The first-order chi connectivity index (χ1) is 16.5. The number of carbonyl (C=O) groups excluding carboxylic acids is 2. The fourth-order valence-electron chi connectivity index (χ4n) is 3.86. The summed E-state index contributed by atoms with van der Waals surface area (Å²) in [6.07, 6.45) is 0.903. The van der Waals surface area contributed by atoms with Crippen molar-refractivity contribution in [1.29, 1.82) is 0 Å². The average Bonchev–Trinajstić information content (AvgIpc) is 3.08. The van der Waals surface area contributed by atoms with Gasteiger partial charge in [-0.15, -0.1) is 0 Å². The molecule has 0 atom stereocenters. The van der Waals surface area contributed by atoms with Crippen molar-refractivity contribution in [3.63, 3.8) is 0 Å². The molecule has 6 heteroatoms. The van der Waals surface area contributed by atoms with E-state index in [4.69, 9.17) is 9.47 Å². The van der Waals surface area contributed by atoms with Gasteiger partial charge in [-0.05, 0) is 61.7 Å². The molecule has 1 N–H and O–H groups in total. The number of rotatable bonds is 9. The van der Waals surface area contributed by atoms with Crippen molar-refractivity contribution in [3.8, 4) is 11.5 Å². The maximum atomic E-state index is 13.6. The van der Waals surface area contributed by atoms with Gasteiger partial charge < -0.3 is 14.8 Å². The molecular formula is C28H28N2O4. The molecule has 3 aromatic carbocycles. The van der Waals surface area contributed by atoms with Gasteiger partial charge in [-0.1, -0.05) is 43.3 Å². The molecule has 1 aliphatic heterocycles. The average molecular weight is 457 g/mol. The van der Waals surface area contributed by atoms with Crippen LogP contribution >= 0.6 is 0 Å². The molecule has 34 heavy (non-hydrogen) atoms. The van der Waals surface area contributed by atoms with Crippen LogP contribution < -0.4 is 19.7 Å². The maximum absolute atomic E-state index is 13.6. The molecule has 2 amide bonds. The van der Waals surface area contributed by atoms with Crippen molar-refractivity contribution in [1.82, 2.24) is 0 Å². The van der Waals surface area contributed by atoms with Gasteiger partial charge in [0.05, 0.1) is 24.5 Å². The van der Waals surface area contributed by atoms with Gasteiger partial charge in [-0.25, -0.2) is 4.90 Å². The van der Waals surface area contributed by atoms with Gasteiger partial charge >= 0.3 is 0 Å². The Kier molecular flexibility index (Phi) is 6.97. The Labute approximate surface area is 199 Å². The summed E-state index contributed by atoms with van der Waals surface area (Å²) in [5.41, 5.74) is 3.25. The largest absolute Gasteiger partial charge is 0.494 e. The van der Waals surface area contributed by atoms with E-state index >= 15 is 0 Å². The Morgan fingerprint density at radius 2 is 1.59 bits per heavy atom. The van der Waals surface area contributed by atoms with Crippen LogP contribution in [0.5, 0.6) is 11.5 Å². The van der Waals surface area contributed by atoms with E-state index in [1.807, 2.05) is 87.5 Å². The summed E-state index contributed by atoms with van der Waals surface area (Å²) in [5.74, 6) is 0.629. The lowest BCUT2D eigenvalue weighted by atomic mass is 10.0. The Balaban J connectivity index is 1.76. The van der Waals surface area contributed by atoms with Crippen LogP contribution in [-0.2, 0) is 9.59 Å². The Morgan fingerprint density at radius 3 is 2.29 bits per heavy atom. The van der Waals surface area contributed by atoms with E-state index in [0.29, 0.717) is 41.5 Å². The quantitative estimate of drug-likeness (QED) is 0.426. The second-order valence-corrected chi connectivity index (χ2v) is 7.94. The zero-order valence-corrected chi connectivity index (χ0v) is 19.6. The molecule has 3 aromatic rings. The fraction of sp³-hybridized carbons (Fsp3) is 0.214. The van der Waals surface area contributed by atoms with E-state index in [9.17, 15) is 9.59 Å². The van der Waals surface area contributed by atoms with E-state index in [1.165, 1.54) is 4.90 Å². The number of aryl methyl sites for hydroxylation is 1. The van der Waals surface area contributed by atoms with Gasteiger partial charge in [0.2, 0.25) is 0 Å². The SMILES string of the molecule is CCCOc1ccc(C2=C(Nc3cccc(OCC)c3)C(=O)N(c3ccccc3C)C2=O)cc1. The number of hydrogen-bond acceptors (Lipinski definition) is 5. The van der Waals surface area contributed by atoms with E-state index in [2.05, 4.69) is 5.32 Å². The number of ether oxygens (including phenoxy) is 2. The van der Waals surface area contributed by atoms with Crippen LogP contribution in [-0.4, -0.2) is 25.0 Å². The Hall–Kier alpha value is -4.06. The second-order valence-electron chi connectivity index (χ2n) is 7.94. The normalized spacial score (nSPS) is 13.4.